The van der Waals surface area contributed by atoms with Crippen LogP contribution in [0.2, 0.25) is 0 Å². The second-order valence-corrected chi connectivity index (χ2v) is 6.83. The molecule has 3 aromatic rings. The van der Waals surface area contributed by atoms with Gasteiger partial charge in [-0.05, 0) is 41.7 Å². The summed E-state index contributed by atoms with van der Waals surface area (Å²) in [6.07, 6.45) is 1.61. The molecule has 3 rings (SSSR count). The van der Waals surface area contributed by atoms with Crippen LogP contribution in [0.1, 0.15) is 37.0 Å². The molecule has 152 valence electrons. The van der Waals surface area contributed by atoms with Crippen LogP contribution in [-0.2, 0) is 19.4 Å². The van der Waals surface area contributed by atoms with Gasteiger partial charge in [0.25, 0.3) is 0 Å². The number of hydrogen-bond donors (Lipinski definition) is 0. The molecule has 0 saturated carbocycles. The molecule has 0 unspecified atom stereocenters. The molecule has 0 fully saturated rings. The molecular weight excluding hydrogens is 380 g/mol. The molecule has 0 radical (unpaired) electrons. The lowest BCUT2D eigenvalue weighted by Crippen LogP contribution is -2.03. The molecule has 0 atom stereocenters. The number of halogens is 4. The third-order valence-corrected chi connectivity index (χ3v) is 4.86. The Morgan fingerprint density at radius 3 is 1.90 bits per heavy atom. The predicted octanol–water partition coefficient (Wildman–Crippen LogP) is 7.00. The van der Waals surface area contributed by atoms with Crippen LogP contribution in [0.5, 0.6) is 5.75 Å². The second kappa shape index (κ2) is 9.12. The first kappa shape index (κ1) is 20.9. The van der Waals surface area contributed by atoms with Gasteiger partial charge in [0.2, 0.25) is 0 Å². The Hall–Kier alpha value is -2.82. The van der Waals surface area contributed by atoms with Crippen molar-refractivity contribution in [2.24, 2.45) is 0 Å². The summed E-state index contributed by atoms with van der Waals surface area (Å²) in [6.45, 7) is 3.52. The van der Waals surface area contributed by atoms with E-state index in [1.165, 1.54) is 6.07 Å². The van der Waals surface area contributed by atoms with Crippen LogP contribution in [0.4, 0.5) is 17.6 Å². The molecule has 0 aliphatic heterocycles. The van der Waals surface area contributed by atoms with Crippen molar-refractivity contribution in [3.8, 4) is 16.9 Å². The monoisotopic (exact) mass is 402 g/mol. The van der Waals surface area contributed by atoms with Crippen LogP contribution in [0.15, 0.2) is 48.5 Å². The quantitative estimate of drug-likeness (QED) is 0.387. The largest absolute Gasteiger partial charge is 0.489 e. The molecule has 0 bridgehead atoms. The Bertz CT molecular complexity index is 997. The van der Waals surface area contributed by atoms with Crippen LogP contribution in [-0.4, -0.2) is 0 Å². The average molecular weight is 402 g/mol. The maximum Gasteiger partial charge on any atom is 0.166 e. The summed E-state index contributed by atoms with van der Waals surface area (Å²) in [5.74, 6) is -3.05. The van der Waals surface area contributed by atoms with Crippen LogP contribution in [0.3, 0.4) is 0 Å². The Balaban J connectivity index is 1.74. The molecule has 0 heterocycles. The van der Waals surface area contributed by atoms with Gasteiger partial charge in [0.05, 0.1) is 0 Å². The van der Waals surface area contributed by atoms with Crippen molar-refractivity contribution in [2.75, 3.05) is 0 Å². The minimum atomic E-state index is -0.902. The highest BCUT2D eigenvalue weighted by Crippen LogP contribution is 2.28. The first-order valence-electron chi connectivity index (χ1n) is 9.62. The van der Waals surface area contributed by atoms with E-state index in [1.54, 1.807) is 49.4 Å². The Labute approximate surface area is 168 Å². The summed E-state index contributed by atoms with van der Waals surface area (Å²) < 4.78 is 62.1. The highest BCUT2D eigenvalue weighted by Gasteiger charge is 2.15. The Morgan fingerprint density at radius 2 is 1.24 bits per heavy atom. The SMILES string of the molecule is CCCc1ccc(COc2ccc(-c3ccc(CC)c(F)c3F)cc2)c(F)c1F. The number of hydrogen-bond acceptors (Lipinski definition) is 1. The Kier molecular flexibility index (Phi) is 6.57. The highest BCUT2D eigenvalue weighted by molar-refractivity contribution is 5.65. The molecule has 0 N–H and O–H groups in total. The lowest BCUT2D eigenvalue weighted by molar-refractivity contribution is 0.297. The normalized spacial score (nSPS) is 11.0. The van der Waals surface area contributed by atoms with E-state index < -0.39 is 23.3 Å². The average Bonchev–Trinajstić information content (AvgIpc) is 2.73. The Morgan fingerprint density at radius 1 is 0.655 bits per heavy atom. The van der Waals surface area contributed by atoms with Crippen LogP contribution < -0.4 is 4.74 Å². The van der Waals surface area contributed by atoms with Gasteiger partial charge in [-0.15, -0.1) is 0 Å². The van der Waals surface area contributed by atoms with Crippen molar-refractivity contribution in [3.05, 3.63) is 88.5 Å². The van der Waals surface area contributed by atoms with Crippen LogP contribution in [0.25, 0.3) is 11.1 Å². The van der Waals surface area contributed by atoms with Crippen LogP contribution in [0, 0.1) is 23.3 Å². The van der Waals surface area contributed by atoms with E-state index in [1.807, 2.05) is 6.92 Å². The van der Waals surface area contributed by atoms with E-state index in [4.69, 9.17) is 4.74 Å². The molecule has 0 aliphatic rings. The minimum absolute atomic E-state index is 0.120. The van der Waals surface area contributed by atoms with Gasteiger partial charge in [-0.25, -0.2) is 17.6 Å². The van der Waals surface area contributed by atoms with Gasteiger partial charge in [0.1, 0.15) is 12.4 Å². The summed E-state index contributed by atoms with van der Waals surface area (Å²) in [7, 11) is 0. The van der Waals surface area contributed by atoms with E-state index in [0.717, 1.165) is 6.42 Å². The van der Waals surface area contributed by atoms with Crippen molar-refractivity contribution in [3.63, 3.8) is 0 Å². The molecule has 29 heavy (non-hydrogen) atoms. The highest BCUT2D eigenvalue weighted by atomic mass is 19.2. The summed E-state index contributed by atoms with van der Waals surface area (Å²) in [6, 6.07) is 12.6. The fourth-order valence-corrected chi connectivity index (χ4v) is 3.18. The first-order chi connectivity index (χ1) is 14.0. The molecule has 0 aliphatic carbocycles. The van der Waals surface area contributed by atoms with Gasteiger partial charge in [-0.2, -0.15) is 0 Å². The summed E-state index contributed by atoms with van der Waals surface area (Å²) in [5.41, 5.74) is 1.45. The van der Waals surface area contributed by atoms with Crippen LogP contribution >= 0.6 is 0 Å². The topological polar surface area (TPSA) is 9.23 Å². The van der Waals surface area contributed by atoms with E-state index >= 15 is 0 Å². The maximum atomic E-state index is 14.3. The fourth-order valence-electron chi connectivity index (χ4n) is 3.18. The summed E-state index contributed by atoms with van der Waals surface area (Å²) >= 11 is 0. The fraction of sp³-hybridized carbons (Fsp3) is 0.250. The van der Waals surface area contributed by atoms with Gasteiger partial charge >= 0.3 is 0 Å². The summed E-state index contributed by atoms with van der Waals surface area (Å²) in [5, 5.41) is 0. The molecule has 0 spiro atoms. The lowest BCUT2D eigenvalue weighted by atomic mass is 10.0. The number of rotatable bonds is 7. The zero-order valence-corrected chi connectivity index (χ0v) is 16.4. The third-order valence-electron chi connectivity index (χ3n) is 4.86. The van der Waals surface area contributed by atoms with E-state index in [9.17, 15) is 17.6 Å². The van der Waals surface area contributed by atoms with Crippen molar-refractivity contribution in [2.45, 2.75) is 39.7 Å². The van der Waals surface area contributed by atoms with Crippen molar-refractivity contribution in [1.29, 1.82) is 0 Å². The standard InChI is InChI=1S/C24H22F4O/c1-3-5-17-6-7-18(23(27)22(17)26)14-29-19-11-8-16(9-12-19)20-13-10-15(4-2)21(25)24(20)28/h6-13H,3-5,14H2,1-2H3. The van der Waals surface area contributed by atoms with Gasteiger partial charge < -0.3 is 4.74 Å². The van der Waals surface area contributed by atoms with Gasteiger partial charge in [0.15, 0.2) is 23.3 Å². The first-order valence-corrected chi connectivity index (χ1v) is 9.62. The molecule has 5 heteroatoms. The molecule has 0 aromatic heterocycles. The minimum Gasteiger partial charge on any atom is -0.489 e. The van der Waals surface area contributed by atoms with Gasteiger partial charge in [-0.1, -0.05) is 56.7 Å². The smallest absolute Gasteiger partial charge is 0.166 e. The van der Waals surface area contributed by atoms with E-state index in [0.29, 0.717) is 35.3 Å². The predicted molar refractivity (Wildman–Crippen MR) is 106 cm³/mol. The zero-order chi connectivity index (χ0) is 21.0. The summed E-state index contributed by atoms with van der Waals surface area (Å²) in [4.78, 5) is 0. The molecule has 0 saturated heterocycles. The molecule has 0 amide bonds. The van der Waals surface area contributed by atoms with Gasteiger partial charge in [-0.3, -0.25) is 0 Å². The maximum absolute atomic E-state index is 14.3. The molecule has 3 aromatic carbocycles. The van der Waals surface area contributed by atoms with Crippen molar-refractivity contribution in [1.82, 2.24) is 0 Å². The van der Waals surface area contributed by atoms with Crippen molar-refractivity contribution < 1.29 is 22.3 Å². The van der Waals surface area contributed by atoms with Crippen molar-refractivity contribution >= 4 is 0 Å². The molecule has 1 nitrogen and oxygen atoms in total. The lowest BCUT2D eigenvalue weighted by Gasteiger charge is -2.11. The third kappa shape index (κ3) is 4.44. The number of aryl methyl sites for hydroxylation is 2. The van der Waals surface area contributed by atoms with E-state index in [2.05, 4.69) is 0 Å². The molecular formula is C24H22F4O. The van der Waals surface area contributed by atoms with Gasteiger partial charge in [0, 0.05) is 11.1 Å². The zero-order valence-electron chi connectivity index (χ0n) is 16.4. The van der Waals surface area contributed by atoms with E-state index in [-0.39, 0.29) is 17.7 Å². The number of ether oxygens (including phenoxy) is 1. The number of benzene rings is 3. The second-order valence-electron chi connectivity index (χ2n) is 6.83.